The Hall–Kier alpha value is -2.24. The molecular formula is C14H16O6. The molecule has 1 heterocycles. The van der Waals surface area contributed by atoms with E-state index in [0.717, 1.165) is 24.3 Å². The van der Waals surface area contributed by atoms with E-state index in [-0.39, 0.29) is 12.2 Å². The van der Waals surface area contributed by atoms with Gasteiger partial charge < -0.3 is 9.47 Å². The Bertz CT molecular complexity index is 474. The third kappa shape index (κ3) is 5.60. The fourth-order valence-electron chi connectivity index (χ4n) is 1.44. The molecule has 0 unspecified atom stereocenters. The Kier molecular flexibility index (Phi) is 5.83. The fourth-order valence-corrected chi connectivity index (χ4v) is 1.44. The highest BCUT2D eigenvalue weighted by Crippen LogP contribution is 2.05. The van der Waals surface area contributed by atoms with Crippen LogP contribution in [0.15, 0.2) is 24.3 Å². The summed E-state index contributed by atoms with van der Waals surface area (Å²) in [5.41, 5.74) is 0. The molecule has 6 nitrogen and oxygen atoms in total. The summed E-state index contributed by atoms with van der Waals surface area (Å²) < 4.78 is 9.77. The summed E-state index contributed by atoms with van der Waals surface area (Å²) in [7, 11) is 0. The number of ketones is 2. The zero-order valence-corrected chi connectivity index (χ0v) is 11.3. The van der Waals surface area contributed by atoms with Gasteiger partial charge in [-0.2, -0.15) is 0 Å². The largest absolute Gasteiger partial charge is 0.459 e. The normalized spacial score (nSPS) is 29.1. The van der Waals surface area contributed by atoms with Gasteiger partial charge in [-0.15, -0.1) is 0 Å². The van der Waals surface area contributed by atoms with Crippen LogP contribution in [0.25, 0.3) is 0 Å². The van der Waals surface area contributed by atoms with Crippen molar-refractivity contribution in [2.24, 2.45) is 0 Å². The van der Waals surface area contributed by atoms with Gasteiger partial charge >= 0.3 is 11.9 Å². The van der Waals surface area contributed by atoms with Gasteiger partial charge in [0, 0.05) is 18.6 Å². The van der Waals surface area contributed by atoms with Crippen LogP contribution in [0.2, 0.25) is 0 Å². The van der Waals surface area contributed by atoms with Crippen LogP contribution in [-0.2, 0) is 28.7 Å². The number of hydrogen-bond acceptors (Lipinski definition) is 6. The SMILES string of the molecule is C[C@@H]1CCC(=O)/C=C\C(=O)O[C@H](C)C(=O)/C=C\C(=O)O1. The molecule has 0 N–H and O–H groups in total. The van der Waals surface area contributed by atoms with E-state index in [9.17, 15) is 19.2 Å². The zero-order chi connectivity index (χ0) is 15.1. The standard InChI is InChI=1S/C14H16O6/c1-9-3-4-11(15)5-7-14(18)20-10(2)12(16)6-8-13(17)19-9/h5-10H,3-4H2,1-2H3/b7-5-,8-6-/t9-,10-/m1/s1. The highest BCUT2D eigenvalue weighted by atomic mass is 16.5. The molecule has 0 radical (unpaired) electrons. The monoisotopic (exact) mass is 280 g/mol. The topological polar surface area (TPSA) is 86.7 Å². The van der Waals surface area contributed by atoms with E-state index in [0.29, 0.717) is 6.42 Å². The van der Waals surface area contributed by atoms with Crippen molar-refractivity contribution in [2.75, 3.05) is 0 Å². The Morgan fingerprint density at radius 2 is 1.50 bits per heavy atom. The van der Waals surface area contributed by atoms with Gasteiger partial charge in [0.05, 0.1) is 6.10 Å². The van der Waals surface area contributed by atoms with Gasteiger partial charge in [0.15, 0.2) is 17.7 Å². The molecule has 0 amide bonds. The summed E-state index contributed by atoms with van der Waals surface area (Å²) in [6, 6.07) is 0. The molecule has 0 bridgehead atoms. The van der Waals surface area contributed by atoms with Crippen LogP contribution in [0.5, 0.6) is 0 Å². The van der Waals surface area contributed by atoms with E-state index in [4.69, 9.17) is 9.47 Å². The predicted molar refractivity (Wildman–Crippen MR) is 68.6 cm³/mol. The molecule has 0 fully saturated rings. The molecule has 0 saturated heterocycles. The van der Waals surface area contributed by atoms with Crippen molar-refractivity contribution in [3.8, 4) is 0 Å². The lowest BCUT2D eigenvalue weighted by Gasteiger charge is -2.11. The molecule has 20 heavy (non-hydrogen) atoms. The molecule has 0 saturated carbocycles. The minimum Gasteiger partial charge on any atom is -0.459 e. The molecule has 108 valence electrons. The first kappa shape index (κ1) is 15.8. The number of esters is 2. The van der Waals surface area contributed by atoms with Crippen molar-refractivity contribution in [2.45, 2.75) is 38.9 Å². The van der Waals surface area contributed by atoms with Gasteiger partial charge in [-0.25, -0.2) is 9.59 Å². The summed E-state index contributed by atoms with van der Waals surface area (Å²) in [4.78, 5) is 45.8. The van der Waals surface area contributed by atoms with Gasteiger partial charge in [0.2, 0.25) is 0 Å². The molecule has 1 rings (SSSR count). The number of carbonyl (C=O) groups is 4. The third-order valence-corrected chi connectivity index (χ3v) is 2.60. The average Bonchev–Trinajstić information content (AvgIpc) is 2.39. The van der Waals surface area contributed by atoms with Crippen molar-refractivity contribution in [1.82, 2.24) is 0 Å². The molecule has 0 aromatic heterocycles. The fraction of sp³-hybridized carbons (Fsp3) is 0.429. The highest BCUT2D eigenvalue weighted by molar-refractivity contribution is 6.00. The predicted octanol–water partition coefficient (Wildman–Crippen LogP) is 0.894. The quantitative estimate of drug-likeness (QED) is 0.612. The second kappa shape index (κ2) is 7.37. The van der Waals surface area contributed by atoms with Crippen molar-refractivity contribution in [1.29, 1.82) is 0 Å². The maximum Gasteiger partial charge on any atom is 0.331 e. The number of cyclic esters (lactones) is 2. The van der Waals surface area contributed by atoms with Crippen LogP contribution in [0.1, 0.15) is 26.7 Å². The summed E-state index contributed by atoms with van der Waals surface area (Å²) in [6.07, 6.45) is 3.06. The second-order valence-corrected chi connectivity index (χ2v) is 4.40. The lowest BCUT2D eigenvalue weighted by atomic mass is 10.1. The lowest BCUT2D eigenvalue weighted by Crippen LogP contribution is -2.22. The van der Waals surface area contributed by atoms with Crippen LogP contribution in [0.3, 0.4) is 0 Å². The minimum absolute atomic E-state index is 0.149. The summed E-state index contributed by atoms with van der Waals surface area (Å²) in [5.74, 6) is -2.28. The number of carbonyl (C=O) groups excluding carboxylic acids is 4. The molecule has 0 spiro atoms. The Labute approximate surface area is 116 Å². The molecule has 1 aliphatic rings. The number of allylic oxidation sites excluding steroid dienone is 1. The van der Waals surface area contributed by atoms with E-state index < -0.39 is 29.9 Å². The smallest absolute Gasteiger partial charge is 0.331 e. The Balaban J connectivity index is 2.85. The lowest BCUT2D eigenvalue weighted by molar-refractivity contribution is -0.147. The van der Waals surface area contributed by atoms with Gasteiger partial charge in [-0.1, -0.05) is 0 Å². The molecule has 0 aromatic carbocycles. The first-order chi connectivity index (χ1) is 9.38. The van der Waals surface area contributed by atoms with E-state index in [1.54, 1.807) is 6.92 Å². The van der Waals surface area contributed by atoms with Gasteiger partial charge in [0.25, 0.3) is 0 Å². The second-order valence-electron chi connectivity index (χ2n) is 4.40. The molecule has 2 atom stereocenters. The number of hydrogen-bond donors (Lipinski definition) is 0. The van der Waals surface area contributed by atoms with Crippen molar-refractivity contribution in [3.63, 3.8) is 0 Å². The van der Waals surface area contributed by atoms with Gasteiger partial charge in [0.1, 0.15) is 0 Å². The molecule has 0 aromatic rings. The molecule has 0 aliphatic carbocycles. The van der Waals surface area contributed by atoms with E-state index >= 15 is 0 Å². The van der Waals surface area contributed by atoms with Crippen molar-refractivity contribution < 1.29 is 28.7 Å². The molecule has 1 aliphatic heterocycles. The maximum absolute atomic E-state index is 11.6. The zero-order valence-electron chi connectivity index (χ0n) is 11.3. The van der Waals surface area contributed by atoms with Crippen molar-refractivity contribution >= 4 is 23.5 Å². The van der Waals surface area contributed by atoms with Crippen LogP contribution in [0, 0.1) is 0 Å². The first-order valence-corrected chi connectivity index (χ1v) is 6.22. The van der Waals surface area contributed by atoms with E-state index in [1.807, 2.05) is 0 Å². The van der Waals surface area contributed by atoms with Gasteiger partial charge in [-0.3, -0.25) is 9.59 Å². The average molecular weight is 280 g/mol. The highest BCUT2D eigenvalue weighted by Gasteiger charge is 2.16. The van der Waals surface area contributed by atoms with Gasteiger partial charge in [-0.05, 0) is 32.4 Å². The Morgan fingerprint density at radius 3 is 2.20 bits per heavy atom. The summed E-state index contributed by atoms with van der Waals surface area (Å²) >= 11 is 0. The Morgan fingerprint density at radius 1 is 0.900 bits per heavy atom. The van der Waals surface area contributed by atoms with Crippen LogP contribution in [-0.4, -0.2) is 35.7 Å². The third-order valence-electron chi connectivity index (χ3n) is 2.60. The minimum atomic E-state index is -1.04. The first-order valence-electron chi connectivity index (χ1n) is 6.22. The van der Waals surface area contributed by atoms with Crippen LogP contribution >= 0.6 is 0 Å². The van der Waals surface area contributed by atoms with E-state index in [2.05, 4.69) is 0 Å². The number of ether oxygens (including phenoxy) is 2. The van der Waals surface area contributed by atoms with Crippen molar-refractivity contribution in [3.05, 3.63) is 24.3 Å². The summed E-state index contributed by atoms with van der Waals surface area (Å²) in [5, 5.41) is 0. The molecular weight excluding hydrogens is 264 g/mol. The summed E-state index contributed by atoms with van der Waals surface area (Å²) in [6.45, 7) is 3.02. The number of rotatable bonds is 0. The van der Waals surface area contributed by atoms with E-state index in [1.165, 1.54) is 6.92 Å². The van der Waals surface area contributed by atoms with Crippen LogP contribution < -0.4 is 0 Å². The van der Waals surface area contributed by atoms with Crippen LogP contribution in [0.4, 0.5) is 0 Å². The maximum atomic E-state index is 11.6. The molecule has 6 heteroatoms.